The van der Waals surface area contributed by atoms with E-state index in [1.807, 2.05) is 12.1 Å². The quantitative estimate of drug-likeness (QED) is 0.239. The molecule has 0 saturated heterocycles. The molecule has 0 amide bonds. The van der Waals surface area contributed by atoms with E-state index in [-0.39, 0.29) is 12.4 Å². The highest BCUT2D eigenvalue weighted by Crippen LogP contribution is 2.26. The second-order valence-electron chi connectivity index (χ2n) is 7.61. The van der Waals surface area contributed by atoms with Crippen molar-refractivity contribution < 1.29 is 36.5 Å². The van der Waals surface area contributed by atoms with Crippen LogP contribution in [0.2, 0.25) is 0 Å². The summed E-state index contributed by atoms with van der Waals surface area (Å²) in [5.41, 5.74) is 2.09. The molecule has 37 heavy (non-hydrogen) atoms. The lowest BCUT2D eigenvalue weighted by Gasteiger charge is -2.12. The summed E-state index contributed by atoms with van der Waals surface area (Å²) in [6.07, 6.45) is 3.38. The van der Waals surface area contributed by atoms with Crippen molar-refractivity contribution in [1.82, 2.24) is 20.0 Å². The maximum Gasteiger partial charge on any atom is 0.573 e. The molecular formula is C25H23F3N4O5. The number of aromatic nitrogens is 4. The van der Waals surface area contributed by atoms with Crippen LogP contribution in [-0.2, 0) is 24.5 Å². The van der Waals surface area contributed by atoms with E-state index in [0.717, 1.165) is 5.56 Å². The number of hydrogen-bond acceptors (Lipinski definition) is 8. The fourth-order valence-electron chi connectivity index (χ4n) is 3.20. The minimum Gasteiger partial charge on any atom is -0.496 e. The van der Waals surface area contributed by atoms with Crippen LogP contribution in [0.15, 0.2) is 65.5 Å². The SMILES string of the molecule is COc1cc(OCc2coc(C=Cc3ccc(OC(F)(F)F)cc3)n2)ccc1COCCn1ccnn1. The Morgan fingerprint density at radius 1 is 1.03 bits per heavy atom. The van der Waals surface area contributed by atoms with Crippen LogP contribution in [0.5, 0.6) is 17.2 Å². The number of halogens is 3. The van der Waals surface area contributed by atoms with Crippen LogP contribution in [-0.4, -0.2) is 40.1 Å². The van der Waals surface area contributed by atoms with E-state index in [9.17, 15) is 13.2 Å². The largest absolute Gasteiger partial charge is 0.573 e. The molecule has 4 aromatic rings. The number of oxazole rings is 1. The molecule has 0 saturated carbocycles. The second kappa shape index (κ2) is 12.1. The van der Waals surface area contributed by atoms with Gasteiger partial charge in [-0.05, 0) is 35.9 Å². The Labute approximate surface area is 210 Å². The van der Waals surface area contributed by atoms with Gasteiger partial charge in [-0.15, -0.1) is 18.3 Å². The summed E-state index contributed by atoms with van der Waals surface area (Å²) < 4.78 is 64.7. The molecule has 0 aliphatic rings. The van der Waals surface area contributed by atoms with E-state index in [1.54, 1.807) is 42.4 Å². The van der Waals surface area contributed by atoms with E-state index >= 15 is 0 Å². The van der Waals surface area contributed by atoms with Gasteiger partial charge in [0.1, 0.15) is 35.8 Å². The molecule has 2 aromatic heterocycles. The number of hydrogen-bond donors (Lipinski definition) is 0. The summed E-state index contributed by atoms with van der Waals surface area (Å²) >= 11 is 0. The number of rotatable bonds is 12. The van der Waals surface area contributed by atoms with Gasteiger partial charge in [0.25, 0.3) is 0 Å². The average Bonchev–Trinajstić information content (AvgIpc) is 3.56. The molecule has 0 radical (unpaired) electrons. The molecule has 2 aromatic carbocycles. The standard InChI is InChI=1S/C25H23F3N4O5/c1-33-23-14-22(8-5-19(23)15-34-13-12-32-11-10-29-31-32)35-16-20-17-36-24(30-20)9-4-18-2-6-21(7-3-18)37-25(26,27)28/h2-11,14,17H,12-13,15-16H2,1H3. The third kappa shape index (κ3) is 8.10. The predicted octanol–water partition coefficient (Wildman–Crippen LogP) is 5.14. The van der Waals surface area contributed by atoms with Crippen molar-refractivity contribution >= 4 is 12.2 Å². The van der Waals surface area contributed by atoms with E-state index in [2.05, 4.69) is 20.0 Å². The molecule has 0 unspecified atom stereocenters. The highest BCUT2D eigenvalue weighted by Gasteiger charge is 2.30. The molecule has 4 rings (SSSR count). The fourth-order valence-corrected chi connectivity index (χ4v) is 3.20. The summed E-state index contributed by atoms with van der Waals surface area (Å²) in [6, 6.07) is 10.9. The Balaban J connectivity index is 1.26. The normalized spacial score (nSPS) is 11.7. The van der Waals surface area contributed by atoms with Crippen molar-refractivity contribution in [2.75, 3.05) is 13.7 Å². The van der Waals surface area contributed by atoms with E-state index in [4.69, 9.17) is 18.6 Å². The molecule has 194 valence electrons. The number of nitrogens with zero attached hydrogens (tertiary/aromatic N) is 4. The molecule has 0 atom stereocenters. The van der Waals surface area contributed by atoms with Crippen LogP contribution < -0.4 is 14.2 Å². The van der Waals surface area contributed by atoms with Crippen LogP contribution in [0.1, 0.15) is 22.7 Å². The maximum atomic E-state index is 12.3. The summed E-state index contributed by atoms with van der Waals surface area (Å²) in [5.74, 6) is 1.25. The molecule has 0 N–H and O–H groups in total. The van der Waals surface area contributed by atoms with Gasteiger partial charge in [-0.2, -0.15) is 0 Å². The predicted molar refractivity (Wildman–Crippen MR) is 126 cm³/mol. The smallest absolute Gasteiger partial charge is 0.496 e. The van der Waals surface area contributed by atoms with Crippen molar-refractivity contribution in [2.24, 2.45) is 0 Å². The van der Waals surface area contributed by atoms with Crippen molar-refractivity contribution in [3.8, 4) is 17.2 Å². The molecule has 12 heteroatoms. The third-order valence-electron chi connectivity index (χ3n) is 4.94. The summed E-state index contributed by atoms with van der Waals surface area (Å²) in [5, 5.41) is 7.63. The van der Waals surface area contributed by atoms with Crippen LogP contribution in [0.3, 0.4) is 0 Å². The molecular weight excluding hydrogens is 493 g/mol. The molecule has 0 fully saturated rings. The zero-order chi connectivity index (χ0) is 26.1. The van der Waals surface area contributed by atoms with Gasteiger partial charge < -0.3 is 23.4 Å². The first-order valence-electron chi connectivity index (χ1n) is 11.1. The molecule has 0 aliphatic carbocycles. The van der Waals surface area contributed by atoms with Crippen LogP contribution in [0.25, 0.3) is 12.2 Å². The summed E-state index contributed by atoms with van der Waals surface area (Å²) in [4.78, 5) is 4.32. The fraction of sp³-hybridized carbons (Fsp3) is 0.240. The molecule has 0 aliphatic heterocycles. The molecule has 2 heterocycles. The maximum absolute atomic E-state index is 12.3. The van der Waals surface area contributed by atoms with Gasteiger partial charge in [0.05, 0.1) is 33.1 Å². The highest BCUT2D eigenvalue weighted by atomic mass is 19.4. The van der Waals surface area contributed by atoms with Crippen molar-refractivity contribution in [2.45, 2.75) is 26.1 Å². The monoisotopic (exact) mass is 516 g/mol. The van der Waals surface area contributed by atoms with Crippen molar-refractivity contribution in [1.29, 1.82) is 0 Å². The van der Waals surface area contributed by atoms with Gasteiger partial charge in [-0.1, -0.05) is 17.3 Å². The second-order valence-corrected chi connectivity index (χ2v) is 7.61. The Morgan fingerprint density at radius 2 is 1.84 bits per heavy atom. The van der Waals surface area contributed by atoms with Crippen LogP contribution in [0, 0.1) is 0 Å². The lowest BCUT2D eigenvalue weighted by molar-refractivity contribution is -0.274. The zero-order valence-corrected chi connectivity index (χ0v) is 19.7. The van der Waals surface area contributed by atoms with Gasteiger partial charge in [0.15, 0.2) is 0 Å². The zero-order valence-electron chi connectivity index (χ0n) is 19.7. The minimum atomic E-state index is -4.73. The lowest BCUT2D eigenvalue weighted by atomic mass is 10.2. The van der Waals surface area contributed by atoms with E-state index in [0.29, 0.717) is 48.4 Å². The van der Waals surface area contributed by atoms with E-state index < -0.39 is 6.36 Å². The third-order valence-corrected chi connectivity index (χ3v) is 4.94. The van der Waals surface area contributed by atoms with Crippen LogP contribution in [0.4, 0.5) is 13.2 Å². The number of ether oxygens (including phenoxy) is 4. The average molecular weight is 516 g/mol. The van der Waals surface area contributed by atoms with Gasteiger partial charge in [0.2, 0.25) is 5.89 Å². The topological polar surface area (TPSA) is 93.7 Å². The van der Waals surface area contributed by atoms with Gasteiger partial charge >= 0.3 is 6.36 Å². The van der Waals surface area contributed by atoms with E-state index in [1.165, 1.54) is 30.5 Å². The first-order chi connectivity index (χ1) is 17.9. The van der Waals surface area contributed by atoms with Gasteiger partial charge in [0, 0.05) is 23.9 Å². The lowest BCUT2D eigenvalue weighted by Crippen LogP contribution is -2.16. The number of benzene rings is 2. The molecule has 9 nitrogen and oxygen atoms in total. The van der Waals surface area contributed by atoms with Crippen molar-refractivity contribution in [3.63, 3.8) is 0 Å². The van der Waals surface area contributed by atoms with Gasteiger partial charge in [-0.25, -0.2) is 4.98 Å². The van der Waals surface area contributed by atoms with Crippen LogP contribution >= 0.6 is 0 Å². The molecule has 0 bridgehead atoms. The summed E-state index contributed by atoms with van der Waals surface area (Å²) in [7, 11) is 1.57. The highest BCUT2D eigenvalue weighted by molar-refractivity contribution is 5.66. The number of alkyl halides is 3. The Kier molecular flexibility index (Phi) is 8.41. The Bertz CT molecular complexity index is 1290. The molecule has 0 spiro atoms. The first-order valence-corrected chi connectivity index (χ1v) is 11.1. The Morgan fingerprint density at radius 3 is 2.57 bits per heavy atom. The minimum absolute atomic E-state index is 0.164. The van der Waals surface area contributed by atoms with Gasteiger partial charge in [-0.3, -0.25) is 4.68 Å². The number of methoxy groups -OCH3 is 1. The van der Waals surface area contributed by atoms with Crippen molar-refractivity contribution in [3.05, 3.63) is 83.8 Å². The Hall–Kier alpha value is -4.32. The first kappa shape index (κ1) is 25.8. The summed E-state index contributed by atoms with van der Waals surface area (Å²) in [6.45, 7) is 1.61.